The molecule has 3 amide bonds. The molecule has 1 atom stereocenters. The van der Waals surface area contributed by atoms with Crippen molar-refractivity contribution in [1.29, 1.82) is 0 Å². The second-order valence-electron chi connectivity index (χ2n) is 33.5. The summed E-state index contributed by atoms with van der Waals surface area (Å²) in [6.07, 6.45) is 21.7. The van der Waals surface area contributed by atoms with Gasteiger partial charge in [0.25, 0.3) is 0 Å². The van der Waals surface area contributed by atoms with Crippen molar-refractivity contribution in [2.45, 2.75) is 70.3 Å². The minimum atomic E-state index is -4.06. The maximum atomic E-state index is 15.1. The number of anilines is 10. The molecular formula is C93H90F10N26O13S. The van der Waals surface area contributed by atoms with Crippen LogP contribution in [0.1, 0.15) is 140 Å². The number of hydrogen-bond acceptors (Lipinski definition) is 29. The molecule has 20 rings (SSSR count). The number of aromatic amines is 5. The highest BCUT2D eigenvalue weighted by Gasteiger charge is 2.35. The van der Waals surface area contributed by atoms with E-state index in [1.807, 2.05) is 22.3 Å². The van der Waals surface area contributed by atoms with Crippen molar-refractivity contribution in [2.24, 2.45) is 29.6 Å². The minimum Gasteiger partial charge on any atom is -0.453 e. The first kappa shape index (κ1) is 101. The molecule has 5 aromatic carbocycles. The number of nitrogens with one attached hydrogen (secondary N) is 14. The molecule has 5 fully saturated rings. The van der Waals surface area contributed by atoms with Crippen LogP contribution in [0.15, 0.2) is 129 Å². The molecule has 50 heteroatoms. The summed E-state index contributed by atoms with van der Waals surface area (Å²) in [6, 6.07) is 11.6. The Bertz CT molecular complexity index is 7460. The van der Waals surface area contributed by atoms with Crippen molar-refractivity contribution in [1.82, 2.24) is 79.1 Å². The largest absolute Gasteiger partial charge is 0.453 e. The number of carbonyl (C=O) groups excluding carboxylic acids is 7. The van der Waals surface area contributed by atoms with Gasteiger partial charge in [0.05, 0.1) is 121 Å². The number of carbonyl (C=O) groups is 7. The van der Waals surface area contributed by atoms with E-state index in [1.54, 1.807) is 6.33 Å². The zero-order chi connectivity index (χ0) is 102. The number of methoxy groups -OCH3 is 3. The summed E-state index contributed by atoms with van der Waals surface area (Å²) < 4.78 is 183. The highest BCUT2D eigenvalue weighted by molar-refractivity contribution is 7.90. The minimum absolute atomic E-state index is 0.0203. The Hall–Kier alpha value is -16.5. The van der Waals surface area contributed by atoms with Crippen LogP contribution in [-0.2, 0) is 24.4 Å². The molecule has 5 saturated carbocycles. The van der Waals surface area contributed by atoms with Crippen LogP contribution in [-0.4, -0.2) is 203 Å². The zero-order valence-corrected chi connectivity index (χ0v) is 77.1. The normalized spacial score (nSPS) is 13.8. The fourth-order valence-corrected chi connectivity index (χ4v) is 15.0. The predicted molar refractivity (Wildman–Crippen MR) is 506 cm³/mol. The number of aldehydes is 1. The molecule has 10 aromatic heterocycles. The average Bonchev–Trinajstić information content (AvgIpc) is 1.67. The maximum absolute atomic E-state index is 15.1. The number of fused-ring (bicyclic) bond motifs is 5. The van der Waals surface area contributed by atoms with E-state index in [2.05, 4.69) is 126 Å². The van der Waals surface area contributed by atoms with Gasteiger partial charge in [0.2, 0.25) is 17.3 Å². The molecule has 39 nitrogen and oxygen atoms in total. The second kappa shape index (κ2) is 44.3. The topological polar surface area (TPSA) is 547 Å². The van der Waals surface area contributed by atoms with Crippen molar-refractivity contribution in [3.8, 4) is 0 Å². The lowest BCUT2D eigenvalue weighted by Crippen LogP contribution is -2.29. The third-order valence-corrected chi connectivity index (χ3v) is 24.6. The second-order valence-corrected chi connectivity index (χ2v) is 35.4. The van der Waals surface area contributed by atoms with E-state index in [0.29, 0.717) is 111 Å². The Morgan fingerprint density at radius 2 is 0.741 bits per heavy atom. The summed E-state index contributed by atoms with van der Waals surface area (Å²) in [5.41, 5.74) is 2.72. The Morgan fingerprint density at radius 3 is 1.14 bits per heavy atom. The lowest BCUT2D eigenvalue weighted by Gasteiger charge is -2.16. The Balaban J connectivity index is 0.000000132. The van der Waals surface area contributed by atoms with Gasteiger partial charge in [-0.2, -0.15) is 12.7 Å². The van der Waals surface area contributed by atoms with Gasteiger partial charge in [-0.25, -0.2) is 108 Å². The van der Waals surface area contributed by atoms with Crippen LogP contribution in [0.2, 0.25) is 0 Å². The number of nitrogens with two attached hydrogens (primary N) is 1. The highest BCUT2D eigenvalue weighted by Crippen LogP contribution is 2.41. The van der Waals surface area contributed by atoms with Crippen molar-refractivity contribution in [2.75, 3.05) is 121 Å². The molecule has 10 heterocycles. The van der Waals surface area contributed by atoms with Crippen LogP contribution < -0.4 is 53.0 Å². The molecule has 15 aromatic rings. The molecule has 1 unspecified atom stereocenters. The van der Waals surface area contributed by atoms with E-state index in [9.17, 15) is 86.6 Å². The molecule has 0 radical (unpaired) electrons. The van der Waals surface area contributed by atoms with Crippen molar-refractivity contribution in [3.05, 3.63) is 238 Å². The van der Waals surface area contributed by atoms with E-state index in [1.165, 1.54) is 77.0 Å². The van der Waals surface area contributed by atoms with Gasteiger partial charge in [-0.1, -0.05) is 0 Å². The molecule has 0 aliphatic heterocycles. The van der Waals surface area contributed by atoms with Gasteiger partial charge >= 0.3 is 28.5 Å². The number of H-pyrrole nitrogens is 5. The predicted octanol–water partition coefficient (Wildman–Crippen LogP) is 15.9. The number of benzene rings is 5. The van der Waals surface area contributed by atoms with Crippen molar-refractivity contribution < 1.29 is 105 Å². The number of hydrogen-bond donors (Lipinski definition) is 16. The summed E-state index contributed by atoms with van der Waals surface area (Å²) in [4.78, 5) is 139. The number of rotatable bonds is 30. The number of aromatic nitrogens is 15. The van der Waals surface area contributed by atoms with E-state index in [4.69, 9.17) is 5.73 Å². The molecular weight excluding hydrogens is 1910 g/mol. The number of nitrogens with zero attached hydrogens (tertiary/aromatic N) is 11. The van der Waals surface area contributed by atoms with Crippen LogP contribution in [0, 0.1) is 87.8 Å². The van der Waals surface area contributed by atoms with E-state index < -0.39 is 144 Å². The number of aliphatic hydroxyl groups excluding tert-OH is 1. The van der Waals surface area contributed by atoms with Gasteiger partial charge in [0.1, 0.15) is 124 Å². The summed E-state index contributed by atoms with van der Waals surface area (Å²) >= 11 is 0. The maximum Gasteiger partial charge on any atom is 0.411 e. The third-order valence-electron chi connectivity index (χ3n) is 23.2. The first-order valence-corrected chi connectivity index (χ1v) is 45.6. The van der Waals surface area contributed by atoms with Crippen molar-refractivity contribution in [3.63, 3.8) is 0 Å². The zero-order valence-electron chi connectivity index (χ0n) is 76.3. The van der Waals surface area contributed by atoms with Gasteiger partial charge in [0.15, 0.2) is 35.4 Å². The molecule has 0 bridgehead atoms. The standard InChI is InChI=1S/C19H20F2N6O3S.C19H19F2N5O3.C19H17F2N5O3.C17H15F2N5O.C10H12N4.C9H7F2NO3/c1-27(2)31(29,30)26-13-6-5-12(20)15(16(13)21)17(28)11-8-23-19-14(11)18(24-9-25-19)22-7-10-3-4-10;2*1-29-19(28)26-12-5-4-11(20)14(15(12)21)16(27)10-7-23-18-13(10)17(24-8-25-18)22-6-9-2-3-9;18-10-3-4-11(20)14(19)13(10)15(25)9-6-22-17-12(9)16(23-7-24-17)21-5-8-1-2-8;1-2-7(1)5-12-10-8-3-4-11-9(8)13-6-14-10;1-15-9(14)12-7-3-2-6(10)5(4-13)8(7)11/h5-6,8-10,26H,3-4,7H2,1-2H3,(H2,22,23,24,25);4-5,7-9,16,27H,2-3,6H2,1H3,(H,26,28)(H2,22,23,24,25);4-5,7-9H,2-3,6H2,1H3,(H,26,28)(H2,22,23,24,25);3-4,6-8H,1-2,5,20H2,(H2,21,22,23,24);3-4,6-7H,1-2,5H2,(H2,11,12,13,14);2-4H,1H3,(H,12,14). The highest BCUT2D eigenvalue weighted by atomic mass is 32.2. The first-order valence-electron chi connectivity index (χ1n) is 44.2. The molecule has 0 spiro atoms. The first-order chi connectivity index (χ1) is 68.8. The summed E-state index contributed by atoms with van der Waals surface area (Å²) in [5.74, 6) is -7.76. The molecule has 143 heavy (non-hydrogen) atoms. The number of amides is 3. The Kier molecular flexibility index (Phi) is 31.3. The fourth-order valence-electron chi connectivity index (χ4n) is 14.4. The number of aliphatic hydroxyl groups is 1. The molecule has 746 valence electrons. The summed E-state index contributed by atoms with van der Waals surface area (Å²) in [5, 5.41) is 35.8. The van der Waals surface area contributed by atoms with E-state index >= 15 is 4.39 Å². The van der Waals surface area contributed by atoms with Gasteiger partial charge in [-0.05, 0) is 161 Å². The lowest BCUT2D eigenvalue weighted by molar-refractivity contribution is 0.102. The molecule has 17 N–H and O–H groups in total. The van der Waals surface area contributed by atoms with Crippen LogP contribution in [0.25, 0.3) is 55.2 Å². The average molecular weight is 2000 g/mol. The van der Waals surface area contributed by atoms with Crippen molar-refractivity contribution >= 4 is 165 Å². The number of ether oxygens (including phenoxy) is 3. The quantitative estimate of drug-likeness (QED) is 0.00653. The molecule has 0 saturated heterocycles. The number of nitrogen functional groups attached to an aromatic ring is 1. The van der Waals surface area contributed by atoms with Crippen LogP contribution >= 0.6 is 0 Å². The summed E-state index contributed by atoms with van der Waals surface area (Å²) in [6.45, 7) is 3.83. The SMILES string of the molecule is CN(C)S(=O)(=O)Nc1ccc(F)c(C(=O)c2c[nH]c3ncnc(NCC4CC4)c23)c1F.COC(=O)Nc1ccc(F)c(C(=O)c2c[nH]c3ncnc(NCC4CC4)c23)c1F.COC(=O)Nc1ccc(F)c(C(O)c2c[nH]c3ncnc(NCC4CC4)c23)c1F.COC(=O)Nc1ccc(F)c(C=O)c1F.Nc1ccc(F)c(C(=O)c2c[nH]c3ncnc(NCC4CC4)c23)c1F.c1nc(NCC2CC2)c2cc[nH]c2n1. The van der Waals surface area contributed by atoms with Crippen LogP contribution in [0.3, 0.4) is 0 Å². The van der Waals surface area contributed by atoms with Gasteiger partial charge < -0.3 is 76.6 Å². The third kappa shape index (κ3) is 23.8. The number of halogens is 10. The molecule has 5 aliphatic rings. The Morgan fingerprint density at radius 1 is 0.413 bits per heavy atom. The lowest BCUT2D eigenvalue weighted by atomic mass is 9.99. The van der Waals surface area contributed by atoms with E-state index in [0.717, 1.165) is 174 Å². The molecule has 5 aliphatic carbocycles. The fraction of sp³-hybridized carbons (Fsp3) is 0.280. The van der Waals surface area contributed by atoms with Gasteiger partial charge in [-0.15, -0.1) is 0 Å². The summed E-state index contributed by atoms with van der Waals surface area (Å²) in [7, 11) is 1.75. The van der Waals surface area contributed by atoms with Gasteiger partial charge in [-0.3, -0.25) is 39.9 Å². The van der Waals surface area contributed by atoms with E-state index in [-0.39, 0.29) is 51.3 Å². The monoisotopic (exact) mass is 2000 g/mol. The van der Waals surface area contributed by atoms with Crippen LogP contribution in [0.4, 0.5) is 116 Å². The smallest absolute Gasteiger partial charge is 0.411 e. The van der Waals surface area contributed by atoms with Gasteiger partial charge in [0, 0.05) is 83.4 Å². The number of ketones is 3. The van der Waals surface area contributed by atoms with Crippen LogP contribution in [0.5, 0.6) is 0 Å². The Labute approximate surface area is 804 Å².